The number of nitrogens with zero attached hydrogens (tertiary/aromatic N) is 1. The maximum absolute atomic E-state index is 12.5. The standard InChI is InChI=1S/C19H12BrNO7/c1-26-16-9-11(6-7-21(24)25)8-14(20)17(16)28-19(23)13-10-12-4-2-3-5-15(12)27-18(13)22/h2-10H,1H3/b7-6+. The molecular weight excluding hydrogens is 434 g/mol. The lowest BCUT2D eigenvalue weighted by Crippen LogP contribution is -2.19. The fourth-order valence-electron chi connectivity index (χ4n) is 2.43. The first-order valence-electron chi connectivity index (χ1n) is 7.83. The summed E-state index contributed by atoms with van der Waals surface area (Å²) in [7, 11) is 1.35. The molecule has 0 aliphatic rings. The van der Waals surface area contributed by atoms with Crippen LogP contribution in [0.5, 0.6) is 11.5 Å². The number of carbonyl (C=O) groups is 1. The molecule has 28 heavy (non-hydrogen) atoms. The first kappa shape index (κ1) is 19.3. The monoisotopic (exact) mass is 445 g/mol. The average molecular weight is 446 g/mol. The number of methoxy groups -OCH3 is 1. The highest BCUT2D eigenvalue weighted by Gasteiger charge is 2.20. The van der Waals surface area contributed by atoms with Gasteiger partial charge in [-0.2, -0.15) is 0 Å². The van der Waals surface area contributed by atoms with E-state index in [0.717, 1.165) is 6.20 Å². The van der Waals surface area contributed by atoms with Gasteiger partial charge in [-0.1, -0.05) is 18.2 Å². The normalized spacial score (nSPS) is 10.9. The maximum atomic E-state index is 12.5. The van der Waals surface area contributed by atoms with Gasteiger partial charge in [0.1, 0.15) is 11.1 Å². The Balaban J connectivity index is 1.97. The van der Waals surface area contributed by atoms with Crippen LogP contribution >= 0.6 is 15.9 Å². The molecule has 0 atom stereocenters. The molecule has 0 bridgehead atoms. The zero-order valence-electron chi connectivity index (χ0n) is 14.4. The van der Waals surface area contributed by atoms with Crippen LogP contribution in [0, 0.1) is 10.1 Å². The van der Waals surface area contributed by atoms with Crippen molar-refractivity contribution in [2.75, 3.05) is 7.11 Å². The predicted octanol–water partition coefficient (Wildman–Crippen LogP) is 4.03. The van der Waals surface area contributed by atoms with Crippen molar-refractivity contribution in [1.29, 1.82) is 0 Å². The summed E-state index contributed by atoms with van der Waals surface area (Å²) in [4.78, 5) is 34.5. The molecule has 2 aromatic carbocycles. The highest BCUT2D eigenvalue weighted by molar-refractivity contribution is 9.10. The van der Waals surface area contributed by atoms with Crippen LogP contribution in [0.2, 0.25) is 0 Å². The number of hydrogen-bond acceptors (Lipinski definition) is 7. The minimum absolute atomic E-state index is 0.0262. The summed E-state index contributed by atoms with van der Waals surface area (Å²) < 4.78 is 16.0. The number of ether oxygens (including phenoxy) is 2. The van der Waals surface area contributed by atoms with Crippen molar-refractivity contribution in [3.05, 3.63) is 84.8 Å². The fourth-order valence-corrected chi connectivity index (χ4v) is 2.97. The number of halogens is 1. The topological polar surface area (TPSA) is 109 Å². The number of nitro groups is 1. The minimum atomic E-state index is -0.924. The molecule has 8 nitrogen and oxygen atoms in total. The van der Waals surface area contributed by atoms with Gasteiger partial charge in [-0.05, 0) is 45.8 Å². The molecule has 0 radical (unpaired) electrons. The molecule has 0 saturated carbocycles. The molecule has 0 unspecified atom stereocenters. The number of fused-ring (bicyclic) bond motifs is 1. The van der Waals surface area contributed by atoms with Gasteiger partial charge < -0.3 is 13.9 Å². The lowest BCUT2D eigenvalue weighted by atomic mass is 10.2. The van der Waals surface area contributed by atoms with Crippen molar-refractivity contribution >= 4 is 38.9 Å². The van der Waals surface area contributed by atoms with E-state index in [1.165, 1.54) is 31.4 Å². The molecule has 0 fully saturated rings. The summed E-state index contributed by atoms with van der Waals surface area (Å²) >= 11 is 3.24. The van der Waals surface area contributed by atoms with E-state index in [2.05, 4.69) is 15.9 Å². The van der Waals surface area contributed by atoms with Crippen LogP contribution in [0.15, 0.2) is 62.3 Å². The Morgan fingerprint density at radius 1 is 1.25 bits per heavy atom. The van der Waals surface area contributed by atoms with Gasteiger partial charge in [-0.15, -0.1) is 0 Å². The Bertz CT molecular complexity index is 1170. The van der Waals surface area contributed by atoms with Gasteiger partial charge in [-0.3, -0.25) is 10.1 Å². The SMILES string of the molecule is COc1cc(/C=C/[N+](=O)[O-])cc(Br)c1OC(=O)c1cc2ccccc2oc1=O. The maximum Gasteiger partial charge on any atom is 0.351 e. The molecule has 142 valence electrons. The van der Waals surface area contributed by atoms with Gasteiger partial charge >= 0.3 is 11.6 Å². The van der Waals surface area contributed by atoms with E-state index in [9.17, 15) is 19.7 Å². The second-order valence-corrected chi connectivity index (χ2v) is 6.36. The molecular formula is C19H12BrNO7. The van der Waals surface area contributed by atoms with Gasteiger partial charge in [0.25, 0.3) is 0 Å². The number of rotatable bonds is 5. The molecule has 1 heterocycles. The second-order valence-electron chi connectivity index (χ2n) is 5.51. The number of carbonyl (C=O) groups excluding carboxylic acids is 1. The first-order chi connectivity index (χ1) is 13.4. The van der Waals surface area contributed by atoms with Crippen LogP contribution in [-0.4, -0.2) is 18.0 Å². The van der Waals surface area contributed by atoms with Crippen molar-refractivity contribution < 1.29 is 23.6 Å². The van der Waals surface area contributed by atoms with Crippen LogP contribution in [0.4, 0.5) is 0 Å². The molecule has 0 spiro atoms. The molecule has 0 amide bonds. The van der Waals surface area contributed by atoms with Crippen LogP contribution < -0.4 is 15.1 Å². The van der Waals surface area contributed by atoms with E-state index < -0.39 is 16.5 Å². The molecule has 0 aliphatic carbocycles. The largest absolute Gasteiger partial charge is 0.493 e. The summed E-state index contributed by atoms with van der Waals surface area (Å²) in [5, 5.41) is 11.0. The van der Waals surface area contributed by atoms with Gasteiger partial charge in [0, 0.05) is 11.5 Å². The zero-order valence-corrected chi connectivity index (χ0v) is 16.0. The Morgan fingerprint density at radius 3 is 2.71 bits per heavy atom. The minimum Gasteiger partial charge on any atom is -0.493 e. The molecule has 0 aliphatic heterocycles. The van der Waals surface area contributed by atoms with E-state index in [0.29, 0.717) is 21.0 Å². The van der Waals surface area contributed by atoms with Gasteiger partial charge in [-0.25, -0.2) is 9.59 Å². The third-order valence-corrected chi connectivity index (χ3v) is 4.29. The molecule has 9 heteroatoms. The summed E-state index contributed by atoms with van der Waals surface area (Å²) in [6.07, 6.45) is 2.03. The van der Waals surface area contributed by atoms with Crippen LogP contribution in [0.25, 0.3) is 17.0 Å². The second kappa shape index (κ2) is 8.05. The van der Waals surface area contributed by atoms with Gasteiger partial charge in [0.15, 0.2) is 11.5 Å². The Kier molecular flexibility index (Phi) is 5.55. The number of para-hydroxylation sites is 1. The van der Waals surface area contributed by atoms with E-state index in [1.807, 2.05) is 0 Å². The van der Waals surface area contributed by atoms with Crippen molar-refractivity contribution in [3.63, 3.8) is 0 Å². The molecule has 3 aromatic rings. The highest BCUT2D eigenvalue weighted by atomic mass is 79.9. The summed E-state index contributed by atoms with van der Waals surface area (Å²) in [5.74, 6) is -0.749. The zero-order chi connectivity index (χ0) is 20.3. The number of esters is 1. The smallest absolute Gasteiger partial charge is 0.351 e. The summed E-state index contributed by atoms with van der Waals surface area (Å²) in [6, 6.07) is 11.1. The molecule has 0 saturated heterocycles. The predicted molar refractivity (Wildman–Crippen MR) is 104 cm³/mol. The molecule has 1 aromatic heterocycles. The third-order valence-electron chi connectivity index (χ3n) is 3.70. The number of hydrogen-bond donors (Lipinski definition) is 0. The van der Waals surface area contributed by atoms with Gasteiger partial charge in [0.05, 0.1) is 16.5 Å². The van der Waals surface area contributed by atoms with Crippen molar-refractivity contribution in [3.8, 4) is 11.5 Å². The molecule has 0 N–H and O–H groups in total. The van der Waals surface area contributed by atoms with E-state index in [1.54, 1.807) is 24.3 Å². The lowest BCUT2D eigenvalue weighted by Gasteiger charge is -2.12. The number of benzene rings is 2. The third kappa shape index (κ3) is 4.09. The van der Waals surface area contributed by atoms with E-state index in [-0.39, 0.29) is 17.1 Å². The fraction of sp³-hybridized carbons (Fsp3) is 0.0526. The average Bonchev–Trinajstić information content (AvgIpc) is 2.67. The Labute approximate surface area is 166 Å². The Hall–Kier alpha value is -3.46. The highest BCUT2D eigenvalue weighted by Crippen LogP contribution is 2.37. The molecule has 3 rings (SSSR count). The lowest BCUT2D eigenvalue weighted by molar-refractivity contribution is -0.400. The first-order valence-corrected chi connectivity index (χ1v) is 8.62. The van der Waals surface area contributed by atoms with Gasteiger partial charge in [0.2, 0.25) is 6.20 Å². The summed E-state index contributed by atoms with van der Waals surface area (Å²) in [6.45, 7) is 0. The summed E-state index contributed by atoms with van der Waals surface area (Å²) in [5.41, 5.74) is -0.301. The van der Waals surface area contributed by atoms with E-state index >= 15 is 0 Å². The Morgan fingerprint density at radius 2 is 2.00 bits per heavy atom. The quantitative estimate of drug-likeness (QED) is 0.191. The van der Waals surface area contributed by atoms with E-state index in [4.69, 9.17) is 13.9 Å². The van der Waals surface area contributed by atoms with Crippen molar-refractivity contribution in [2.45, 2.75) is 0 Å². The van der Waals surface area contributed by atoms with Crippen LogP contribution in [-0.2, 0) is 0 Å². The van der Waals surface area contributed by atoms with Crippen molar-refractivity contribution in [2.24, 2.45) is 0 Å². The van der Waals surface area contributed by atoms with Crippen LogP contribution in [0.3, 0.4) is 0 Å². The van der Waals surface area contributed by atoms with Crippen molar-refractivity contribution in [1.82, 2.24) is 0 Å². The van der Waals surface area contributed by atoms with Crippen LogP contribution in [0.1, 0.15) is 15.9 Å².